The Kier molecular flexibility index (Phi) is 3.42. The van der Waals surface area contributed by atoms with Gasteiger partial charge in [0, 0.05) is 5.75 Å². The molecule has 0 N–H and O–H groups in total. The molecular weight excluding hydrogens is 155 g/mol. The Morgan fingerprint density at radius 1 is 1.15 bits per heavy atom. The minimum Gasteiger partial charge on any atom is -0.522 e. The van der Waals surface area contributed by atoms with Crippen molar-refractivity contribution in [3.8, 4) is 5.75 Å². The summed E-state index contributed by atoms with van der Waals surface area (Å²) in [5.74, 6) is 0.813. The fourth-order valence-electron chi connectivity index (χ4n) is 1.30. The maximum atomic E-state index is 5.17. The van der Waals surface area contributed by atoms with E-state index in [2.05, 4.69) is 12.1 Å². The van der Waals surface area contributed by atoms with Crippen LogP contribution >= 0.6 is 0 Å². The van der Waals surface area contributed by atoms with Crippen molar-refractivity contribution < 1.29 is 23.6 Å². The monoisotopic (exact) mass is 164 g/mol. The molecule has 2 rings (SSSR count). The largest absolute Gasteiger partial charge is 1.00 e. The van der Waals surface area contributed by atoms with Crippen molar-refractivity contribution in [1.82, 2.24) is 0 Å². The molecule has 0 unspecified atom stereocenters. The van der Waals surface area contributed by atoms with Crippen LogP contribution in [-0.2, 0) is 0 Å². The van der Waals surface area contributed by atoms with E-state index in [9.17, 15) is 0 Å². The van der Waals surface area contributed by atoms with E-state index in [1.54, 1.807) is 7.11 Å². The van der Waals surface area contributed by atoms with E-state index in [-0.39, 0.29) is 18.9 Å². The minimum atomic E-state index is 0. The molecule has 0 fully saturated rings. The van der Waals surface area contributed by atoms with Crippen LogP contribution in [0.3, 0.4) is 0 Å². The zero-order chi connectivity index (χ0) is 8.39. The van der Waals surface area contributed by atoms with E-state index in [1.807, 2.05) is 30.3 Å². The van der Waals surface area contributed by atoms with Gasteiger partial charge in [-0.2, -0.15) is 12.1 Å². The van der Waals surface area contributed by atoms with Crippen LogP contribution in [0.15, 0.2) is 36.4 Å². The van der Waals surface area contributed by atoms with Crippen molar-refractivity contribution >= 4 is 10.8 Å². The standard InChI is InChI=1S/C11H9O.Li/c1-12-11-8-4-6-9-5-2-3-7-10(9)11;/h2-7H,1H3;/q-1;+1. The van der Waals surface area contributed by atoms with Crippen molar-refractivity contribution in [3.63, 3.8) is 0 Å². The van der Waals surface area contributed by atoms with Gasteiger partial charge in [0.1, 0.15) is 0 Å². The van der Waals surface area contributed by atoms with Gasteiger partial charge >= 0.3 is 18.9 Å². The molecule has 0 aromatic heterocycles. The van der Waals surface area contributed by atoms with Crippen LogP contribution in [0.2, 0.25) is 0 Å². The number of benzene rings is 2. The molecule has 2 aromatic carbocycles. The van der Waals surface area contributed by atoms with Crippen molar-refractivity contribution in [3.05, 3.63) is 42.5 Å². The molecule has 2 heteroatoms. The number of fused-ring (bicyclic) bond motifs is 1. The molecule has 0 aliphatic heterocycles. The Morgan fingerprint density at radius 3 is 2.69 bits per heavy atom. The molecule has 0 spiro atoms. The van der Waals surface area contributed by atoms with E-state index in [1.165, 1.54) is 5.39 Å². The van der Waals surface area contributed by atoms with Crippen LogP contribution in [0.5, 0.6) is 5.75 Å². The molecule has 0 saturated heterocycles. The Morgan fingerprint density at radius 2 is 1.92 bits per heavy atom. The second kappa shape index (κ2) is 4.37. The fourth-order valence-corrected chi connectivity index (χ4v) is 1.30. The van der Waals surface area contributed by atoms with Crippen molar-refractivity contribution in [2.45, 2.75) is 0 Å². The Bertz CT molecular complexity index is 393. The summed E-state index contributed by atoms with van der Waals surface area (Å²) in [6.45, 7) is 0. The molecule has 0 heterocycles. The van der Waals surface area contributed by atoms with Crippen LogP contribution < -0.4 is 23.6 Å². The van der Waals surface area contributed by atoms with Gasteiger partial charge in [0.2, 0.25) is 0 Å². The minimum absolute atomic E-state index is 0. The molecule has 0 aliphatic carbocycles. The van der Waals surface area contributed by atoms with Crippen molar-refractivity contribution in [1.29, 1.82) is 0 Å². The predicted molar refractivity (Wildman–Crippen MR) is 49.3 cm³/mol. The third-order valence-electron chi connectivity index (χ3n) is 1.89. The summed E-state index contributed by atoms with van der Waals surface area (Å²) in [6, 6.07) is 15.0. The summed E-state index contributed by atoms with van der Waals surface area (Å²) in [4.78, 5) is 0. The first kappa shape index (κ1) is 10.2. The summed E-state index contributed by atoms with van der Waals surface area (Å²) < 4.78 is 5.17. The zero-order valence-electron chi connectivity index (χ0n) is 7.87. The zero-order valence-corrected chi connectivity index (χ0v) is 7.87. The molecule has 60 valence electrons. The summed E-state index contributed by atoms with van der Waals surface area (Å²) in [5.41, 5.74) is 0. The second-order valence-electron chi connectivity index (χ2n) is 2.60. The average molecular weight is 164 g/mol. The van der Waals surface area contributed by atoms with E-state index in [4.69, 9.17) is 4.74 Å². The summed E-state index contributed by atoms with van der Waals surface area (Å²) in [6.07, 6.45) is 0. The third kappa shape index (κ3) is 1.88. The van der Waals surface area contributed by atoms with E-state index in [0.29, 0.717) is 0 Å². The van der Waals surface area contributed by atoms with E-state index < -0.39 is 0 Å². The summed E-state index contributed by atoms with van der Waals surface area (Å²) in [7, 11) is 1.66. The fraction of sp³-hybridized carbons (Fsp3) is 0.0909. The molecule has 0 radical (unpaired) electrons. The molecule has 0 amide bonds. The Labute approximate surface area is 89.9 Å². The average Bonchev–Trinajstić information content (AvgIpc) is 2.17. The van der Waals surface area contributed by atoms with Crippen LogP contribution in [0.1, 0.15) is 0 Å². The van der Waals surface area contributed by atoms with Gasteiger partial charge in [-0.15, -0.1) is 17.5 Å². The van der Waals surface area contributed by atoms with Gasteiger partial charge in [-0.05, 0) is 0 Å². The van der Waals surface area contributed by atoms with Crippen LogP contribution in [0, 0.1) is 6.07 Å². The third-order valence-corrected chi connectivity index (χ3v) is 1.89. The van der Waals surface area contributed by atoms with Gasteiger partial charge in [-0.1, -0.05) is 23.6 Å². The first-order valence-corrected chi connectivity index (χ1v) is 3.85. The van der Waals surface area contributed by atoms with Crippen LogP contribution in [0.25, 0.3) is 10.8 Å². The SMILES string of the molecule is COc1[c-]ccc2ccccc12.[Li+]. The Balaban J connectivity index is 0.000000845. The van der Waals surface area contributed by atoms with Gasteiger partial charge in [-0.25, -0.2) is 0 Å². The number of rotatable bonds is 1. The normalized spacial score (nSPS) is 9.31. The topological polar surface area (TPSA) is 9.23 Å². The van der Waals surface area contributed by atoms with Crippen molar-refractivity contribution in [2.75, 3.05) is 7.11 Å². The molecule has 0 atom stereocenters. The predicted octanol–water partition coefficient (Wildman–Crippen LogP) is -0.347. The quantitative estimate of drug-likeness (QED) is 0.413. The molecule has 2 aromatic rings. The molecule has 13 heavy (non-hydrogen) atoms. The van der Waals surface area contributed by atoms with E-state index in [0.717, 1.165) is 11.1 Å². The van der Waals surface area contributed by atoms with Crippen LogP contribution in [0.4, 0.5) is 0 Å². The first-order chi connectivity index (χ1) is 5.92. The number of ether oxygens (including phenoxy) is 1. The Hall–Kier alpha value is -0.903. The number of hydrogen-bond acceptors (Lipinski definition) is 1. The molecular formula is C11H9LiO. The van der Waals surface area contributed by atoms with Crippen molar-refractivity contribution in [2.24, 2.45) is 0 Å². The summed E-state index contributed by atoms with van der Waals surface area (Å²) in [5, 5.41) is 2.30. The van der Waals surface area contributed by atoms with Crippen LogP contribution in [-0.4, -0.2) is 7.11 Å². The van der Waals surface area contributed by atoms with E-state index >= 15 is 0 Å². The smallest absolute Gasteiger partial charge is 0.522 e. The molecule has 0 saturated carbocycles. The molecule has 0 aliphatic rings. The maximum absolute atomic E-state index is 5.17. The number of methoxy groups -OCH3 is 1. The number of hydrogen-bond donors (Lipinski definition) is 0. The van der Waals surface area contributed by atoms with Gasteiger partial charge in [0.05, 0.1) is 7.11 Å². The van der Waals surface area contributed by atoms with Gasteiger partial charge in [-0.3, -0.25) is 0 Å². The maximum Gasteiger partial charge on any atom is 1.00 e. The van der Waals surface area contributed by atoms with Gasteiger partial charge in [0.15, 0.2) is 0 Å². The summed E-state index contributed by atoms with van der Waals surface area (Å²) >= 11 is 0. The van der Waals surface area contributed by atoms with Gasteiger partial charge < -0.3 is 4.74 Å². The molecule has 1 nitrogen and oxygen atoms in total. The second-order valence-corrected chi connectivity index (χ2v) is 2.60. The van der Waals surface area contributed by atoms with Gasteiger partial charge in [0.25, 0.3) is 0 Å². The first-order valence-electron chi connectivity index (χ1n) is 3.85. The molecule has 0 bridgehead atoms.